The van der Waals surface area contributed by atoms with Crippen LogP contribution in [0.3, 0.4) is 0 Å². The van der Waals surface area contributed by atoms with Crippen LogP contribution in [0.1, 0.15) is 11.4 Å². The molecule has 0 saturated carbocycles. The molecule has 0 amide bonds. The molecule has 6 heteroatoms. The van der Waals surface area contributed by atoms with Gasteiger partial charge < -0.3 is 4.98 Å². The molecule has 3 aromatic rings. The second kappa shape index (κ2) is 4.24. The normalized spacial score (nSPS) is 11.0. The molecule has 0 saturated heterocycles. The van der Waals surface area contributed by atoms with Crippen molar-refractivity contribution >= 4 is 11.2 Å². The monoisotopic (exact) mass is 256 g/mol. The highest BCUT2D eigenvalue weighted by Gasteiger charge is 2.11. The third kappa shape index (κ3) is 1.97. The lowest BCUT2D eigenvalue weighted by Gasteiger charge is -2.05. The number of H-pyrrole nitrogens is 2. The summed E-state index contributed by atoms with van der Waals surface area (Å²) in [5.74, 6) is 0.605. The molecular formula is C13H12N4O2. The van der Waals surface area contributed by atoms with Gasteiger partial charge in [0.1, 0.15) is 11.3 Å². The van der Waals surface area contributed by atoms with Crippen LogP contribution in [-0.2, 0) is 6.54 Å². The summed E-state index contributed by atoms with van der Waals surface area (Å²) < 4.78 is 1.45. The molecule has 1 aromatic carbocycles. The molecule has 0 radical (unpaired) electrons. The fourth-order valence-electron chi connectivity index (χ4n) is 2.07. The standard InChI is InChI=1S/C13H12N4O2/c1-8-14-10-11(15-8)17(13(19)16-12(10)18)7-9-5-3-2-4-6-9/h2-6H,7H2,1H3,(H,14,15)(H,16,18,19). The van der Waals surface area contributed by atoms with Crippen molar-refractivity contribution in [3.05, 3.63) is 62.6 Å². The van der Waals surface area contributed by atoms with E-state index in [1.54, 1.807) is 6.92 Å². The number of imidazole rings is 1. The summed E-state index contributed by atoms with van der Waals surface area (Å²) in [6, 6.07) is 9.55. The molecule has 2 heterocycles. The largest absolute Gasteiger partial charge is 0.336 e. The Hall–Kier alpha value is -2.63. The lowest BCUT2D eigenvalue weighted by molar-refractivity contribution is 0.748. The van der Waals surface area contributed by atoms with Gasteiger partial charge in [-0.05, 0) is 12.5 Å². The van der Waals surface area contributed by atoms with Crippen molar-refractivity contribution in [2.45, 2.75) is 13.5 Å². The van der Waals surface area contributed by atoms with Gasteiger partial charge in [0, 0.05) is 0 Å². The summed E-state index contributed by atoms with van der Waals surface area (Å²) >= 11 is 0. The quantitative estimate of drug-likeness (QED) is 0.710. The van der Waals surface area contributed by atoms with Crippen molar-refractivity contribution in [3.63, 3.8) is 0 Å². The summed E-state index contributed by atoms with van der Waals surface area (Å²) in [4.78, 5) is 33.0. The Balaban J connectivity index is 2.23. The average molecular weight is 256 g/mol. The van der Waals surface area contributed by atoms with E-state index >= 15 is 0 Å². The van der Waals surface area contributed by atoms with Gasteiger partial charge in [-0.25, -0.2) is 9.78 Å². The molecule has 6 nitrogen and oxygen atoms in total. The van der Waals surface area contributed by atoms with Crippen LogP contribution >= 0.6 is 0 Å². The fourth-order valence-corrected chi connectivity index (χ4v) is 2.07. The van der Waals surface area contributed by atoms with Gasteiger partial charge in [0.2, 0.25) is 0 Å². The summed E-state index contributed by atoms with van der Waals surface area (Å²) in [5.41, 5.74) is 0.791. The zero-order valence-corrected chi connectivity index (χ0v) is 10.3. The number of hydrogen-bond acceptors (Lipinski definition) is 3. The van der Waals surface area contributed by atoms with E-state index in [1.807, 2.05) is 30.3 Å². The molecule has 0 aliphatic carbocycles. The second-order valence-corrected chi connectivity index (χ2v) is 4.35. The molecule has 0 aliphatic rings. The summed E-state index contributed by atoms with van der Waals surface area (Å²) in [7, 11) is 0. The number of aryl methyl sites for hydroxylation is 1. The highest BCUT2D eigenvalue weighted by molar-refractivity contribution is 5.69. The Labute approximate surface area is 107 Å². The number of benzene rings is 1. The molecule has 2 aromatic heterocycles. The van der Waals surface area contributed by atoms with Crippen molar-refractivity contribution in [1.82, 2.24) is 19.5 Å². The topological polar surface area (TPSA) is 83.5 Å². The van der Waals surface area contributed by atoms with Crippen LogP contribution in [0, 0.1) is 6.92 Å². The van der Waals surface area contributed by atoms with E-state index in [9.17, 15) is 9.59 Å². The summed E-state index contributed by atoms with van der Waals surface area (Å²) in [6.07, 6.45) is 0. The average Bonchev–Trinajstić information content (AvgIpc) is 2.78. The third-order valence-electron chi connectivity index (χ3n) is 2.93. The van der Waals surface area contributed by atoms with Gasteiger partial charge in [-0.3, -0.25) is 14.3 Å². The van der Waals surface area contributed by atoms with Crippen molar-refractivity contribution in [3.8, 4) is 0 Å². The number of nitrogens with zero attached hydrogens (tertiary/aromatic N) is 2. The lowest BCUT2D eigenvalue weighted by Crippen LogP contribution is -2.30. The minimum absolute atomic E-state index is 0.327. The summed E-state index contributed by atoms with van der Waals surface area (Å²) in [6.45, 7) is 2.12. The molecular weight excluding hydrogens is 244 g/mol. The first kappa shape index (κ1) is 11.5. The Bertz CT molecular complexity index is 842. The smallest absolute Gasteiger partial charge is 0.330 e. The molecule has 0 atom stereocenters. The molecule has 0 unspecified atom stereocenters. The van der Waals surface area contributed by atoms with Crippen LogP contribution in [0.15, 0.2) is 39.9 Å². The van der Waals surface area contributed by atoms with Crippen LogP contribution in [0.25, 0.3) is 11.2 Å². The van der Waals surface area contributed by atoms with Gasteiger partial charge in [-0.15, -0.1) is 0 Å². The molecule has 0 fully saturated rings. The van der Waals surface area contributed by atoms with Crippen LogP contribution in [0.2, 0.25) is 0 Å². The predicted octanol–water partition coefficient (Wildman–Crippen LogP) is 0.770. The van der Waals surface area contributed by atoms with Crippen LogP contribution in [0.5, 0.6) is 0 Å². The number of nitrogens with one attached hydrogen (secondary N) is 2. The Kier molecular flexibility index (Phi) is 2.56. The van der Waals surface area contributed by atoms with E-state index in [4.69, 9.17) is 0 Å². The molecule has 0 aliphatic heterocycles. The number of aromatic amines is 2. The van der Waals surface area contributed by atoms with E-state index in [2.05, 4.69) is 15.0 Å². The molecule has 19 heavy (non-hydrogen) atoms. The highest BCUT2D eigenvalue weighted by Crippen LogP contribution is 2.07. The molecule has 96 valence electrons. The van der Waals surface area contributed by atoms with Gasteiger partial charge in [-0.1, -0.05) is 30.3 Å². The van der Waals surface area contributed by atoms with Crippen LogP contribution < -0.4 is 11.2 Å². The first-order valence-electron chi connectivity index (χ1n) is 5.88. The van der Waals surface area contributed by atoms with E-state index in [-0.39, 0.29) is 0 Å². The van der Waals surface area contributed by atoms with Crippen molar-refractivity contribution in [2.24, 2.45) is 0 Å². The zero-order valence-electron chi connectivity index (χ0n) is 10.3. The number of rotatable bonds is 2. The lowest BCUT2D eigenvalue weighted by atomic mass is 10.2. The third-order valence-corrected chi connectivity index (χ3v) is 2.93. The van der Waals surface area contributed by atoms with E-state index in [1.165, 1.54) is 4.57 Å². The molecule has 0 spiro atoms. The second-order valence-electron chi connectivity index (χ2n) is 4.35. The zero-order chi connectivity index (χ0) is 13.4. The van der Waals surface area contributed by atoms with Gasteiger partial charge in [-0.2, -0.15) is 0 Å². The van der Waals surface area contributed by atoms with Crippen molar-refractivity contribution < 1.29 is 0 Å². The SMILES string of the molecule is Cc1nc2c([nH]1)c(=O)[nH]c(=O)n2Cc1ccccc1. The molecule has 3 rings (SSSR count). The van der Waals surface area contributed by atoms with Gasteiger partial charge in [0.05, 0.1) is 6.54 Å². The first-order valence-corrected chi connectivity index (χ1v) is 5.88. The highest BCUT2D eigenvalue weighted by atomic mass is 16.2. The Morgan fingerprint density at radius 1 is 1.16 bits per heavy atom. The minimum atomic E-state index is -0.451. The van der Waals surface area contributed by atoms with E-state index in [0.29, 0.717) is 23.5 Å². The van der Waals surface area contributed by atoms with Gasteiger partial charge in [0.25, 0.3) is 5.56 Å². The van der Waals surface area contributed by atoms with Crippen molar-refractivity contribution in [1.29, 1.82) is 0 Å². The molecule has 0 bridgehead atoms. The minimum Gasteiger partial charge on any atom is -0.336 e. The van der Waals surface area contributed by atoms with E-state index < -0.39 is 11.2 Å². The Morgan fingerprint density at radius 3 is 2.63 bits per heavy atom. The maximum absolute atomic E-state index is 11.9. The number of fused-ring (bicyclic) bond motifs is 1. The first-order chi connectivity index (χ1) is 9.15. The molecule has 2 N–H and O–H groups in total. The van der Waals surface area contributed by atoms with Crippen molar-refractivity contribution in [2.75, 3.05) is 0 Å². The fraction of sp³-hybridized carbons (Fsp3) is 0.154. The summed E-state index contributed by atoms with van der Waals surface area (Å²) in [5, 5.41) is 0. The predicted molar refractivity (Wildman–Crippen MR) is 71.3 cm³/mol. The maximum atomic E-state index is 11.9. The van der Waals surface area contributed by atoms with Crippen LogP contribution in [0.4, 0.5) is 0 Å². The number of hydrogen-bond donors (Lipinski definition) is 2. The van der Waals surface area contributed by atoms with Crippen LogP contribution in [-0.4, -0.2) is 19.5 Å². The Morgan fingerprint density at radius 2 is 1.89 bits per heavy atom. The maximum Gasteiger partial charge on any atom is 0.330 e. The number of aromatic nitrogens is 4. The van der Waals surface area contributed by atoms with E-state index in [0.717, 1.165) is 5.56 Å². The van der Waals surface area contributed by atoms with Gasteiger partial charge in [0.15, 0.2) is 5.65 Å². The van der Waals surface area contributed by atoms with Gasteiger partial charge >= 0.3 is 5.69 Å².